The lowest BCUT2D eigenvalue weighted by Gasteiger charge is -2.26. The van der Waals surface area contributed by atoms with Crippen molar-refractivity contribution in [2.75, 3.05) is 39.4 Å². The third-order valence-corrected chi connectivity index (χ3v) is 7.80. The summed E-state index contributed by atoms with van der Waals surface area (Å²) in [5, 5.41) is 19.2. The van der Waals surface area contributed by atoms with Gasteiger partial charge in [-0.2, -0.15) is 5.10 Å². The van der Waals surface area contributed by atoms with E-state index in [1.54, 1.807) is 18.4 Å². The summed E-state index contributed by atoms with van der Waals surface area (Å²) in [6.07, 6.45) is -4.79. The molecule has 2 aromatic heterocycles. The molecule has 0 aliphatic carbocycles. The van der Waals surface area contributed by atoms with Crippen LogP contribution in [-0.4, -0.2) is 73.3 Å². The van der Waals surface area contributed by atoms with Crippen molar-refractivity contribution in [2.45, 2.75) is 13.3 Å². The summed E-state index contributed by atoms with van der Waals surface area (Å²) in [4.78, 5) is 28.3. The summed E-state index contributed by atoms with van der Waals surface area (Å²) in [5.74, 6) is -1.26. The zero-order valence-corrected chi connectivity index (χ0v) is 22.3. The van der Waals surface area contributed by atoms with E-state index in [0.717, 1.165) is 43.1 Å². The molecule has 1 saturated heterocycles. The van der Waals surface area contributed by atoms with Gasteiger partial charge in [0, 0.05) is 31.6 Å². The molecule has 9 nitrogen and oxygen atoms in total. The third kappa shape index (κ3) is 7.79. The van der Waals surface area contributed by atoms with E-state index in [9.17, 15) is 27.9 Å². The molecule has 1 fully saturated rings. The van der Waals surface area contributed by atoms with Crippen LogP contribution in [0.5, 0.6) is 11.5 Å². The van der Waals surface area contributed by atoms with Crippen molar-refractivity contribution in [3.63, 3.8) is 0 Å². The number of benzene rings is 1. The number of nitrogens with zero attached hydrogens (tertiary/aromatic N) is 2. The number of carbonyl (C=O) groups excluding carboxylic acids is 2. The van der Waals surface area contributed by atoms with Crippen molar-refractivity contribution in [3.8, 4) is 21.9 Å². The number of alkyl halides is 3. The first-order valence-electron chi connectivity index (χ1n) is 11.8. The van der Waals surface area contributed by atoms with E-state index in [4.69, 9.17) is 4.74 Å². The van der Waals surface area contributed by atoms with E-state index >= 15 is 0 Å². The fourth-order valence-electron chi connectivity index (χ4n) is 3.69. The van der Waals surface area contributed by atoms with Crippen molar-refractivity contribution in [1.82, 2.24) is 15.6 Å². The highest BCUT2D eigenvalue weighted by Crippen LogP contribution is 2.39. The van der Waals surface area contributed by atoms with Gasteiger partial charge in [0.15, 0.2) is 0 Å². The molecule has 3 aromatic rings. The molecule has 39 heavy (non-hydrogen) atoms. The SMILES string of the molecule is CC(=NNC(=O)c1ccc(C(=O)NCCN2CCOCC2)s1)c1csc(-c2ccc(OC(F)(F)F)cc2)c1O. The lowest BCUT2D eigenvalue weighted by Crippen LogP contribution is -2.41. The van der Waals surface area contributed by atoms with Crippen molar-refractivity contribution in [2.24, 2.45) is 5.10 Å². The average Bonchev–Trinajstić information content (AvgIpc) is 3.55. The first kappa shape index (κ1) is 28.5. The number of halogens is 3. The zero-order valence-electron chi connectivity index (χ0n) is 20.7. The van der Waals surface area contributed by atoms with Crippen LogP contribution in [0.15, 0.2) is 46.9 Å². The van der Waals surface area contributed by atoms with Gasteiger partial charge in [0.1, 0.15) is 11.5 Å². The summed E-state index contributed by atoms with van der Waals surface area (Å²) in [5.41, 5.74) is 3.59. The molecule has 1 aliphatic rings. The van der Waals surface area contributed by atoms with E-state index in [1.807, 2.05) is 0 Å². The Morgan fingerprint density at radius 1 is 1.10 bits per heavy atom. The molecule has 3 N–H and O–H groups in total. The van der Waals surface area contributed by atoms with Gasteiger partial charge in [-0.25, -0.2) is 5.43 Å². The monoisotopic (exact) mass is 582 g/mol. The number of amides is 2. The number of hydrazone groups is 1. The Balaban J connectivity index is 1.32. The molecule has 0 radical (unpaired) electrons. The van der Waals surface area contributed by atoms with Gasteiger partial charge in [-0.15, -0.1) is 35.8 Å². The lowest BCUT2D eigenvalue weighted by molar-refractivity contribution is -0.274. The van der Waals surface area contributed by atoms with Gasteiger partial charge in [-0.3, -0.25) is 14.5 Å². The molecule has 1 aromatic carbocycles. The van der Waals surface area contributed by atoms with Crippen LogP contribution in [0.25, 0.3) is 10.4 Å². The predicted octanol–water partition coefficient (Wildman–Crippen LogP) is 4.30. The maximum absolute atomic E-state index is 12.6. The maximum atomic E-state index is 12.6. The van der Waals surface area contributed by atoms with Gasteiger partial charge >= 0.3 is 6.36 Å². The van der Waals surface area contributed by atoms with Crippen molar-refractivity contribution < 1.29 is 37.3 Å². The minimum Gasteiger partial charge on any atom is -0.506 e. The van der Waals surface area contributed by atoms with Crippen molar-refractivity contribution in [1.29, 1.82) is 0 Å². The summed E-state index contributed by atoms with van der Waals surface area (Å²) in [6, 6.07) is 8.22. The molecule has 3 heterocycles. The molecule has 0 bridgehead atoms. The summed E-state index contributed by atoms with van der Waals surface area (Å²) in [6.45, 7) is 5.83. The fourth-order valence-corrected chi connectivity index (χ4v) is 5.52. The maximum Gasteiger partial charge on any atom is 0.573 e. The molecular formula is C25H25F3N4O5S2. The van der Waals surface area contributed by atoms with Gasteiger partial charge in [0.25, 0.3) is 11.8 Å². The van der Waals surface area contributed by atoms with Gasteiger partial charge in [-0.1, -0.05) is 0 Å². The molecule has 4 rings (SSSR count). The number of thiophene rings is 2. The molecular weight excluding hydrogens is 557 g/mol. The first-order valence-corrected chi connectivity index (χ1v) is 13.5. The Bertz CT molecular complexity index is 1330. The van der Waals surface area contributed by atoms with Crippen molar-refractivity contribution >= 4 is 40.2 Å². The van der Waals surface area contributed by atoms with Crippen molar-refractivity contribution in [3.05, 3.63) is 57.1 Å². The highest BCUT2D eigenvalue weighted by molar-refractivity contribution is 7.16. The summed E-state index contributed by atoms with van der Waals surface area (Å²) in [7, 11) is 0. The van der Waals surface area contributed by atoms with E-state index < -0.39 is 12.3 Å². The van der Waals surface area contributed by atoms with Crippen LogP contribution in [0.2, 0.25) is 0 Å². The van der Waals surface area contributed by atoms with Gasteiger partial charge < -0.3 is 19.9 Å². The predicted molar refractivity (Wildman–Crippen MR) is 142 cm³/mol. The van der Waals surface area contributed by atoms with Gasteiger partial charge in [-0.05, 0) is 48.9 Å². The molecule has 0 unspecified atom stereocenters. The molecule has 2 amide bonds. The molecule has 1 aliphatic heterocycles. The standard InChI is InChI=1S/C25H25F3N4O5S2/c1-15(18-14-38-22(21(18)33)16-2-4-17(5-3-16)37-25(26,27)28)30-31-24(35)20-7-6-19(39-20)23(34)29-8-9-32-10-12-36-13-11-32/h2-7,14,33H,8-13H2,1H3,(H,29,34)(H,31,35). The fraction of sp³-hybridized carbons (Fsp3) is 0.320. The third-order valence-electron chi connectivity index (χ3n) is 5.70. The highest BCUT2D eigenvalue weighted by atomic mass is 32.1. The molecule has 0 spiro atoms. The Morgan fingerprint density at radius 2 is 1.77 bits per heavy atom. The number of nitrogens with one attached hydrogen (secondary N) is 2. The van der Waals surface area contributed by atoms with Crippen LogP contribution in [0.3, 0.4) is 0 Å². The highest BCUT2D eigenvalue weighted by Gasteiger charge is 2.31. The first-order chi connectivity index (χ1) is 18.6. The van der Waals surface area contributed by atoms with Crippen LogP contribution < -0.4 is 15.5 Å². The van der Waals surface area contributed by atoms with Crippen LogP contribution in [0.1, 0.15) is 31.8 Å². The van der Waals surface area contributed by atoms with E-state index in [-0.39, 0.29) is 17.4 Å². The number of hydrogen-bond acceptors (Lipinski definition) is 9. The van der Waals surface area contributed by atoms with E-state index in [0.29, 0.717) is 51.2 Å². The van der Waals surface area contributed by atoms with Crippen LogP contribution in [0, 0.1) is 0 Å². The minimum absolute atomic E-state index is 0.118. The number of aromatic hydroxyl groups is 1. The summed E-state index contributed by atoms with van der Waals surface area (Å²) < 4.78 is 46.3. The topological polar surface area (TPSA) is 112 Å². The molecule has 208 valence electrons. The molecule has 14 heteroatoms. The quantitative estimate of drug-likeness (QED) is 0.256. The Morgan fingerprint density at radius 3 is 2.44 bits per heavy atom. The van der Waals surface area contributed by atoms with Crippen LogP contribution in [0.4, 0.5) is 13.2 Å². The lowest BCUT2D eigenvalue weighted by atomic mass is 10.1. The van der Waals surface area contributed by atoms with Crippen LogP contribution >= 0.6 is 22.7 Å². The average molecular weight is 583 g/mol. The van der Waals surface area contributed by atoms with E-state index in [2.05, 4.69) is 25.5 Å². The summed E-state index contributed by atoms with van der Waals surface area (Å²) >= 11 is 2.21. The molecule has 0 atom stereocenters. The normalized spacial score (nSPS) is 14.7. The number of morpholine rings is 1. The Labute approximate surface area is 229 Å². The smallest absolute Gasteiger partial charge is 0.506 e. The van der Waals surface area contributed by atoms with Gasteiger partial charge in [0.05, 0.1) is 39.1 Å². The second kappa shape index (κ2) is 12.6. The zero-order chi connectivity index (χ0) is 28.0. The minimum atomic E-state index is -4.79. The Hall–Kier alpha value is -3.46. The number of hydrogen-bond donors (Lipinski definition) is 3. The Kier molecular flexibility index (Phi) is 9.22. The number of carbonyl (C=O) groups is 2. The number of rotatable bonds is 9. The van der Waals surface area contributed by atoms with Gasteiger partial charge in [0.2, 0.25) is 0 Å². The second-order valence-electron chi connectivity index (χ2n) is 8.41. The largest absolute Gasteiger partial charge is 0.573 e. The number of ether oxygens (including phenoxy) is 2. The van der Waals surface area contributed by atoms with Crippen LogP contribution in [-0.2, 0) is 4.74 Å². The second-order valence-corrected chi connectivity index (χ2v) is 10.4. The van der Waals surface area contributed by atoms with E-state index in [1.165, 1.54) is 29.5 Å². The molecule has 0 saturated carbocycles.